The van der Waals surface area contributed by atoms with Gasteiger partial charge in [0.05, 0.1) is 32.1 Å². The van der Waals surface area contributed by atoms with Gasteiger partial charge in [-0.05, 0) is 30.9 Å². The van der Waals surface area contributed by atoms with Crippen LogP contribution in [0.15, 0.2) is 36.9 Å². The third kappa shape index (κ3) is 6.57. The molecule has 2 aromatic rings. The van der Waals surface area contributed by atoms with Crippen LogP contribution in [0.3, 0.4) is 0 Å². The summed E-state index contributed by atoms with van der Waals surface area (Å²) in [6.07, 6.45) is 2.41. The lowest BCUT2D eigenvalue weighted by molar-refractivity contribution is -0.192. The molecule has 1 amide bonds. The minimum absolute atomic E-state index is 0.0871. The van der Waals surface area contributed by atoms with E-state index in [0.29, 0.717) is 43.7 Å². The minimum Gasteiger partial charge on any atom is -0.475 e. The number of pyridine rings is 1. The summed E-state index contributed by atoms with van der Waals surface area (Å²) in [6, 6.07) is 3.39. The van der Waals surface area contributed by atoms with Gasteiger partial charge in [0.2, 0.25) is 5.95 Å². The number of alkyl halides is 3. The van der Waals surface area contributed by atoms with E-state index in [1.165, 1.54) is 12.4 Å². The van der Waals surface area contributed by atoms with Gasteiger partial charge in [0.25, 0.3) is 5.91 Å². The number of halogens is 4. The Morgan fingerprint density at radius 2 is 1.82 bits per heavy atom. The second-order valence-electron chi connectivity index (χ2n) is 7.70. The summed E-state index contributed by atoms with van der Waals surface area (Å²) in [6.45, 7) is 2.65. The molecule has 2 aliphatic rings. The van der Waals surface area contributed by atoms with Gasteiger partial charge >= 0.3 is 12.1 Å². The Hall–Kier alpha value is -3.35. The highest BCUT2D eigenvalue weighted by Gasteiger charge is 2.47. The van der Waals surface area contributed by atoms with E-state index < -0.39 is 18.0 Å². The summed E-state index contributed by atoms with van der Waals surface area (Å²) in [4.78, 5) is 34.9. The first-order valence-corrected chi connectivity index (χ1v) is 9.93. The van der Waals surface area contributed by atoms with Gasteiger partial charge in [-0.15, -0.1) is 0 Å². The zero-order valence-corrected chi connectivity index (χ0v) is 17.3. The van der Waals surface area contributed by atoms with E-state index in [9.17, 15) is 22.4 Å². The molecule has 0 aliphatic carbocycles. The van der Waals surface area contributed by atoms with Gasteiger partial charge in [-0.3, -0.25) is 9.78 Å². The lowest BCUT2D eigenvalue weighted by atomic mass is 9.83. The average molecular weight is 471 g/mol. The molecule has 178 valence electrons. The molecular weight excluding hydrogens is 450 g/mol. The van der Waals surface area contributed by atoms with Gasteiger partial charge in [0.1, 0.15) is 5.60 Å². The number of anilines is 1. The fourth-order valence-electron chi connectivity index (χ4n) is 3.43. The molecule has 0 bridgehead atoms. The van der Waals surface area contributed by atoms with Crippen molar-refractivity contribution in [1.82, 2.24) is 20.3 Å². The van der Waals surface area contributed by atoms with Crippen molar-refractivity contribution < 1.29 is 37.0 Å². The third-order valence-corrected chi connectivity index (χ3v) is 5.22. The first kappa shape index (κ1) is 24.3. The topological polar surface area (TPSA) is 118 Å². The number of carboxylic acids is 1. The van der Waals surface area contributed by atoms with Crippen molar-refractivity contribution in [1.29, 1.82) is 0 Å². The Balaban J connectivity index is 0.000000383. The van der Waals surface area contributed by atoms with Gasteiger partial charge < -0.3 is 20.1 Å². The van der Waals surface area contributed by atoms with Crippen LogP contribution >= 0.6 is 0 Å². The number of aromatic nitrogens is 3. The zero-order valence-electron chi connectivity index (χ0n) is 17.3. The Morgan fingerprint density at radius 1 is 1.21 bits per heavy atom. The standard InChI is InChI=1S/C18H20FN5O2.C2HF3O2/c19-15-8-22-17(23-9-15)24-11-18(12-24)4-1-13(10-26-18)7-21-16(25)14-2-5-20-6-3-14;3-2(4,5)1(6)7/h2-3,5-6,8-9,13H,1,4,7,10-12H2,(H,21,25);(H,6,7). The smallest absolute Gasteiger partial charge is 0.475 e. The van der Waals surface area contributed by atoms with Crippen molar-refractivity contribution in [2.75, 3.05) is 31.1 Å². The maximum absolute atomic E-state index is 12.9. The molecule has 2 aliphatic heterocycles. The van der Waals surface area contributed by atoms with Crippen LogP contribution in [0.5, 0.6) is 0 Å². The van der Waals surface area contributed by atoms with E-state index in [4.69, 9.17) is 14.6 Å². The van der Waals surface area contributed by atoms with E-state index >= 15 is 0 Å². The number of hydrogen-bond acceptors (Lipinski definition) is 7. The van der Waals surface area contributed by atoms with Crippen LogP contribution in [0.1, 0.15) is 23.2 Å². The lowest BCUT2D eigenvalue weighted by Crippen LogP contribution is -2.65. The summed E-state index contributed by atoms with van der Waals surface area (Å²) in [5.41, 5.74) is 0.450. The molecule has 1 unspecified atom stereocenters. The number of nitrogens with zero attached hydrogens (tertiary/aromatic N) is 4. The molecule has 4 rings (SSSR count). The highest BCUT2D eigenvalue weighted by atomic mass is 19.4. The van der Waals surface area contributed by atoms with Crippen molar-refractivity contribution in [3.63, 3.8) is 0 Å². The van der Waals surface area contributed by atoms with Crippen LogP contribution in [0.25, 0.3) is 0 Å². The van der Waals surface area contributed by atoms with Crippen molar-refractivity contribution in [3.05, 3.63) is 48.3 Å². The number of carbonyl (C=O) groups is 2. The van der Waals surface area contributed by atoms with Crippen LogP contribution in [0.2, 0.25) is 0 Å². The van der Waals surface area contributed by atoms with Gasteiger partial charge in [-0.1, -0.05) is 0 Å². The molecule has 13 heteroatoms. The minimum atomic E-state index is -5.08. The van der Waals surface area contributed by atoms with Gasteiger partial charge in [0.15, 0.2) is 5.82 Å². The summed E-state index contributed by atoms with van der Waals surface area (Å²) in [7, 11) is 0. The monoisotopic (exact) mass is 471 g/mol. The van der Waals surface area contributed by atoms with E-state index in [2.05, 4.69) is 20.3 Å². The van der Waals surface area contributed by atoms with E-state index in [1.807, 2.05) is 4.90 Å². The Bertz CT molecular complexity index is 943. The van der Waals surface area contributed by atoms with Crippen molar-refractivity contribution in [3.8, 4) is 0 Å². The predicted molar refractivity (Wildman–Crippen MR) is 106 cm³/mol. The summed E-state index contributed by atoms with van der Waals surface area (Å²) in [5, 5.41) is 10.1. The molecule has 0 radical (unpaired) electrons. The van der Waals surface area contributed by atoms with Gasteiger partial charge in [0, 0.05) is 24.5 Å². The molecule has 0 aromatic carbocycles. The highest BCUT2D eigenvalue weighted by molar-refractivity contribution is 5.93. The highest BCUT2D eigenvalue weighted by Crippen LogP contribution is 2.37. The number of aliphatic carboxylic acids is 1. The zero-order chi connectivity index (χ0) is 24.1. The molecule has 2 fully saturated rings. The van der Waals surface area contributed by atoms with Crippen molar-refractivity contribution >= 4 is 17.8 Å². The quantitative estimate of drug-likeness (QED) is 0.651. The number of carbonyl (C=O) groups excluding carboxylic acids is 1. The van der Waals surface area contributed by atoms with Crippen LogP contribution in [-0.2, 0) is 9.53 Å². The van der Waals surface area contributed by atoms with E-state index in [0.717, 1.165) is 12.8 Å². The number of carboxylic acid groups (broad SMARTS) is 1. The molecule has 2 aromatic heterocycles. The number of hydrogen-bond donors (Lipinski definition) is 2. The SMILES string of the molecule is O=C(NCC1CCC2(CN(c3ncc(F)cn3)C2)OC1)c1ccncc1.O=C(O)C(F)(F)F. The van der Waals surface area contributed by atoms with Crippen molar-refractivity contribution in [2.45, 2.75) is 24.6 Å². The summed E-state index contributed by atoms with van der Waals surface area (Å²) in [5.74, 6) is -2.44. The van der Waals surface area contributed by atoms with Crippen LogP contribution in [0.4, 0.5) is 23.5 Å². The van der Waals surface area contributed by atoms with Crippen LogP contribution in [-0.4, -0.2) is 70.0 Å². The lowest BCUT2D eigenvalue weighted by Gasteiger charge is -2.52. The second kappa shape index (κ2) is 10.1. The normalized spacial score (nSPS) is 19.2. The summed E-state index contributed by atoms with van der Waals surface area (Å²) < 4.78 is 50.7. The third-order valence-electron chi connectivity index (χ3n) is 5.22. The molecule has 2 N–H and O–H groups in total. The van der Waals surface area contributed by atoms with Gasteiger partial charge in [-0.2, -0.15) is 13.2 Å². The number of nitrogens with one attached hydrogen (secondary N) is 1. The summed E-state index contributed by atoms with van der Waals surface area (Å²) >= 11 is 0. The molecule has 9 nitrogen and oxygen atoms in total. The molecule has 1 atom stereocenters. The molecular formula is C20H21F4N5O4. The molecule has 4 heterocycles. The maximum atomic E-state index is 12.9. The maximum Gasteiger partial charge on any atom is 0.490 e. The Kier molecular flexibility index (Phi) is 7.41. The number of rotatable bonds is 4. The molecule has 33 heavy (non-hydrogen) atoms. The van der Waals surface area contributed by atoms with E-state index in [-0.39, 0.29) is 11.5 Å². The van der Waals surface area contributed by atoms with E-state index in [1.54, 1.807) is 24.5 Å². The molecule has 2 saturated heterocycles. The number of ether oxygens (including phenoxy) is 1. The van der Waals surface area contributed by atoms with Gasteiger partial charge in [-0.25, -0.2) is 19.2 Å². The average Bonchev–Trinajstić information content (AvgIpc) is 2.77. The predicted octanol–water partition coefficient (Wildman–Crippen LogP) is 2.06. The molecule has 0 saturated carbocycles. The van der Waals surface area contributed by atoms with Crippen LogP contribution in [0, 0.1) is 11.7 Å². The van der Waals surface area contributed by atoms with Crippen molar-refractivity contribution in [2.24, 2.45) is 5.92 Å². The Morgan fingerprint density at radius 3 is 2.33 bits per heavy atom. The first-order chi connectivity index (χ1) is 15.6. The fraction of sp³-hybridized carbons (Fsp3) is 0.450. The fourth-order valence-corrected chi connectivity index (χ4v) is 3.43. The second-order valence-corrected chi connectivity index (χ2v) is 7.70. The molecule has 1 spiro atoms. The Labute approximate surface area is 185 Å². The first-order valence-electron chi connectivity index (χ1n) is 9.93. The van der Waals surface area contributed by atoms with Crippen LogP contribution < -0.4 is 10.2 Å². The number of amides is 1. The largest absolute Gasteiger partial charge is 0.490 e.